The second-order valence-corrected chi connectivity index (χ2v) is 8.36. The number of hydrogen-bond acceptors (Lipinski definition) is 8. The molecule has 1 amide bonds. The fraction of sp³-hybridized carbons (Fsp3) is 0.542. The SMILES string of the molecule is COc1cccc(-c2ccc(N3CCCN(C(=O)CNCCN4CCOCC4)CC3)nn2)c1. The fourth-order valence-corrected chi connectivity index (χ4v) is 4.20. The van der Waals surface area contributed by atoms with Crippen LogP contribution in [0.3, 0.4) is 0 Å². The highest BCUT2D eigenvalue weighted by Gasteiger charge is 2.20. The topological polar surface area (TPSA) is 83.1 Å². The van der Waals surface area contributed by atoms with Crippen LogP contribution in [0.15, 0.2) is 36.4 Å². The molecule has 9 nitrogen and oxygen atoms in total. The molecule has 1 aromatic heterocycles. The summed E-state index contributed by atoms with van der Waals surface area (Å²) in [6, 6.07) is 11.8. The van der Waals surface area contributed by atoms with Gasteiger partial charge in [-0.05, 0) is 30.7 Å². The molecule has 2 aliphatic rings. The summed E-state index contributed by atoms with van der Waals surface area (Å²) in [6.45, 7) is 8.80. The number of morpholine rings is 1. The summed E-state index contributed by atoms with van der Waals surface area (Å²) >= 11 is 0. The van der Waals surface area contributed by atoms with Gasteiger partial charge in [-0.3, -0.25) is 9.69 Å². The summed E-state index contributed by atoms with van der Waals surface area (Å²) in [5.41, 5.74) is 1.79. The van der Waals surface area contributed by atoms with Crippen LogP contribution in [-0.2, 0) is 9.53 Å². The minimum atomic E-state index is 0.165. The van der Waals surface area contributed by atoms with Gasteiger partial charge in [-0.25, -0.2) is 0 Å². The number of methoxy groups -OCH3 is 1. The molecule has 0 atom stereocenters. The zero-order valence-electron chi connectivity index (χ0n) is 19.4. The number of hydrogen-bond donors (Lipinski definition) is 1. The number of carbonyl (C=O) groups is 1. The molecule has 9 heteroatoms. The first kappa shape index (κ1) is 23.4. The van der Waals surface area contributed by atoms with Crippen molar-refractivity contribution in [3.63, 3.8) is 0 Å². The Bertz CT molecular complexity index is 888. The van der Waals surface area contributed by atoms with Gasteiger partial charge in [0.15, 0.2) is 5.82 Å². The quantitative estimate of drug-likeness (QED) is 0.594. The molecule has 2 saturated heterocycles. The molecule has 0 spiro atoms. The van der Waals surface area contributed by atoms with Gasteiger partial charge in [-0.1, -0.05) is 12.1 Å². The number of amides is 1. The summed E-state index contributed by atoms with van der Waals surface area (Å²) in [6.07, 6.45) is 0.916. The van der Waals surface area contributed by atoms with Crippen LogP contribution in [0.4, 0.5) is 5.82 Å². The third-order valence-corrected chi connectivity index (χ3v) is 6.17. The van der Waals surface area contributed by atoms with Crippen LogP contribution in [0.25, 0.3) is 11.3 Å². The Hall–Kier alpha value is -2.75. The molecule has 0 radical (unpaired) electrons. The van der Waals surface area contributed by atoms with E-state index in [0.29, 0.717) is 13.1 Å². The number of benzene rings is 1. The number of nitrogens with zero attached hydrogens (tertiary/aromatic N) is 5. The van der Waals surface area contributed by atoms with Crippen molar-refractivity contribution in [3.8, 4) is 17.0 Å². The van der Waals surface area contributed by atoms with Gasteiger partial charge >= 0.3 is 0 Å². The van der Waals surface area contributed by atoms with E-state index in [1.165, 1.54) is 0 Å². The van der Waals surface area contributed by atoms with Crippen molar-refractivity contribution in [1.29, 1.82) is 0 Å². The predicted molar refractivity (Wildman–Crippen MR) is 128 cm³/mol. The Morgan fingerprint density at radius 1 is 1.06 bits per heavy atom. The van der Waals surface area contributed by atoms with Crippen molar-refractivity contribution in [2.45, 2.75) is 6.42 Å². The smallest absolute Gasteiger partial charge is 0.236 e. The molecule has 2 aliphatic heterocycles. The molecule has 178 valence electrons. The van der Waals surface area contributed by atoms with E-state index in [0.717, 1.165) is 88.3 Å². The van der Waals surface area contributed by atoms with Crippen LogP contribution < -0.4 is 15.0 Å². The first-order valence-corrected chi connectivity index (χ1v) is 11.7. The number of anilines is 1. The molecule has 33 heavy (non-hydrogen) atoms. The van der Waals surface area contributed by atoms with Crippen LogP contribution in [0, 0.1) is 0 Å². The van der Waals surface area contributed by atoms with Crippen molar-refractivity contribution < 1.29 is 14.3 Å². The third-order valence-electron chi connectivity index (χ3n) is 6.17. The lowest BCUT2D eigenvalue weighted by atomic mass is 10.1. The normalized spacial score (nSPS) is 17.6. The predicted octanol–water partition coefficient (Wildman–Crippen LogP) is 1.11. The largest absolute Gasteiger partial charge is 0.497 e. The molecule has 0 aliphatic carbocycles. The Kier molecular flexibility index (Phi) is 8.46. The fourth-order valence-electron chi connectivity index (χ4n) is 4.20. The van der Waals surface area contributed by atoms with E-state index in [-0.39, 0.29) is 5.91 Å². The Balaban J connectivity index is 1.24. The van der Waals surface area contributed by atoms with E-state index in [4.69, 9.17) is 9.47 Å². The van der Waals surface area contributed by atoms with E-state index in [2.05, 4.69) is 25.3 Å². The molecular formula is C24H34N6O3. The van der Waals surface area contributed by atoms with Crippen LogP contribution >= 0.6 is 0 Å². The Labute approximate surface area is 195 Å². The molecule has 3 heterocycles. The monoisotopic (exact) mass is 454 g/mol. The number of ether oxygens (including phenoxy) is 2. The zero-order chi connectivity index (χ0) is 22.9. The average molecular weight is 455 g/mol. The van der Waals surface area contributed by atoms with Gasteiger partial charge in [0.2, 0.25) is 5.91 Å². The molecule has 4 rings (SSSR count). The summed E-state index contributed by atoms with van der Waals surface area (Å²) < 4.78 is 10.7. The molecule has 0 saturated carbocycles. The van der Waals surface area contributed by atoms with Gasteiger partial charge in [0, 0.05) is 57.9 Å². The highest BCUT2D eigenvalue weighted by Crippen LogP contribution is 2.23. The van der Waals surface area contributed by atoms with E-state index in [1.807, 2.05) is 41.3 Å². The second-order valence-electron chi connectivity index (χ2n) is 8.36. The van der Waals surface area contributed by atoms with Gasteiger partial charge in [0.1, 0.15) is 5.75 Å². The number of rotatable bonds is 8. The Morgan fingerprint density at radius 3 is 2.73 bits per heavy atom. The third kappa shape index (κ3) is 6.63. The summed E-state index contributed by atoms with van der Waals surface area (Å²) in [4.78, 5) is 19.2. The van der Waals surface area contributed by atoms with Crippen molar-refractivity contribution in [3.05, 3.63) is 36.4 Å². The average Bonchev–Trinajstić information content (AvgIpc) is 3.14. The van der Waals surface area contributed by atoms with Crippen molar-refractivity contribution in [2.24, 2.45) is 0 Å². The summed E-state index contributed by atoms with van der Waals surface area (Å²) in [5, 5.41) is 12.2. The summed E-state index contributed by atoms with van der Waals surface area (Å²) in [5.74, 6) is 1.81. The summed E-state index contributed by atoms with van der Waals surface area (Å²) in [7, 11) is 1.66. The number of carbonyl (C=O) groups excluding carboxylic acids is 1. The lowest BCUT2D eigenvalue weighted by Crippen LogP contribution is -2.44. The lowest BCUT2D eigenvalue weighted by molar-refractivity contribution is -0.130. The molecular weight excluding hydrogens is 420 g/mol. The van der Waals surface area contributed by atoms with E-state index in [9.17, 15) is 4.79 Å². The Morgan fingerprint density at radius 2 is 1.94 bits per heavy atom. The maximum Gasteiger partial charge on any atom is 0.236 e. The van der Waals surface area contributed by atoms with Gasteiger partial charge < -0.3 is 24.6 Å². The van der Waals surface area contributed by atoms with Crippen molar-refractivity contribution >= 4 is 11.7 Å². The lowest BCUT2D eigenvalue weighted by Gasteiger charge is -2.27. The van der Waals surface area contributed by atoms with Crippen molar-refractivity contribution in [2.75, 3.05) is 84.1 Å². The molecule has 1 N–H and O–H groups in total. The minimum Gasteiger partial charge on any atom is -0.497 e. The van der Waals surface area contributed by atoms with Crippen LogP contribution in [-0.4, -0.2) is 105 Å². The highest BCUT2D eigenvalue weighted by atomic mass is 16.5. The number of aromatic nitrogens is 2. The van der Waals surface area contributed by atoms with E-state index < -0.39 is 0 Å². The first-order chi connectivity index (χ1) is 16.2. The van der Waals surface area contributed by atoms with E-state index in [1.54, 1.807) is 7.11 Å². The van der Waals surface area contributed by atoms with Crippen LogP contribution in [0.2, 0.25) is 0 Å². The second kappa shape index (κ2) is 11.9. The van der Waals surface area contributed by atoms with Gasteiger partial charge in [-0.2, -0.15) is 0 Å². The molecule has 0 unspecified atom stereocenters. The molecule has 2 fully saturated rings. The van der Waals surface area contributed by atoms with Gasteiger partial charge in [0.05, 0.1) is 32.6 Å². The van der Waals surface area contributed by atoms with E-state index >= 15 is 0 Å². The zero-order valence-corrected chi connectivity index (χ0v) is 19.4. The molecule has 2 aromatic rings. The maximum absolute atomic E-state index is 12.7. The highest BCUT2D eigenvalue weighted by molar-refractivity contribution is 5.78. The molecule has 0 bridgehead atoms. The van der Waals surface area contributed by atoms with Gasteiger partial charge in [-0.15, -0.1) is 10.2 Å². The van der Waals surface area contributed by atoms with Crippen molar-refractivity contribution in [1.82, 2.24) is 25.3 Å². The standard InChI is InChI=1S/C24H34N6O3/c1-32-21-5-2-4-20(18-21)22-6-7-23(27-26-22)29-9-3-10-30(13-12-29)24(31)19-25-8-11-28-14-16-33-17-15-28/h2,4-7,18,25H,3,8-17,19H2,1H3. The van der Waals surface area contributed by atoms with Crippen LogP contribution in [0.1, 0.15) is 6.42 Å². The number of nitrogens with one attached hydrogen (secondary N) is 1. The maximum atomic E-state index is 12.7. The molecule has 1 aromatic carbocycles. The minimum absolute atomic E-state index is 0.165. The van der Waals surface area contributed by atoms with Gasteiger partial charge in [0.25, 0.3) is 0 Å². The first-order valence-electron chi connectivity index (χ1n) is 11.7. The van der Waals surface area contributed by atoms with Crippen LogP contribution in [0.5, 0.6) is 5.75 Å².